The molecule has 0 aliphatic heterocycles. The predicted octanol–water partition coefficient (Wildman–Crippen LogP) is 0.873. The lowest BCUT2D eigenvalue weighted by Gasteiger charge is -1.98. The SMILES string of the molecule is C#CCCOC(=O)CCS. The second-order valence-corrected chi connectivity index (χ2v) is 2.10. The van der Waals surface area contributed by atoms with Crippen molar-refractivity contribution in [2.75, 3.05) is 12.4 Å². The summed E-state index contributed by atoms with van der Waals surface area (Å²) in [6, 6.07) is 0. The van der Waals surface area contributed by atoms with E-state index in [1.165, 1.54) is 0 Å². The molecular formula is C7H10O2S. The third-order valence-electron chi connectivity index (χ3n) is 0.825. The first-order chi connectivity index (χ1) is 4.81. The zero-order chi connectivity index (χ0) is 7.82. The Bertz CT molecular complexity index is 137. The lowest BCUT2D eigenvalue weighted by molar-refractivity contribution is -0.142. The van der Waals surface area contributed by atoms with E-state index in [0.717, 1.165) is 0 Å². The van der Waals surface area contributed by atoms with Gasteiger partial charge in [-0.15, -0.1) is 12.3 Å². The molecule has 10 heavy (non-hydrogen) atoms. The first kappa shape index (κ1) is 9.38. The second-order valence-electron chi connectivity index (χ2n) is 1.65. The van der Waals surface area contributed by atoms with Crippen molar-refractivity contribution < 1.29 is 9.53 Å². The van der Waals surface area contributed by atoms with Crippen LogP contribution in [0.2, 0.25) is 0 Å². The highest BCUT2D eigenvalue weighted by Crippen LogP contribution is 1.89. The quantitative estimate of drug-likeness (QED) is 0.284. The molecule has 0 aliphatic carbocycles. The fourth-order valence-electron chi connectivity index (χ4n) is 0.387. The van der Waals surface area contributed by atoms with Crippen LogP contribution in [-0.4, -0.2) is 18.3 Å². The van der Waals surface area contributed by atoms with E-state index in [1.807, 2.05) is 0 Å². The van der Waals surface area contributed by atoms with Gasteiger partial charge in [-0.05, 0) is 0 Å². The molecule has 0 spiro atoms. The van der Waals surface area contributed by atoms with Crippen LogP contribution in [0, 0.1) is 12.3 Å². The van der Waals surface area contributed by atoms with Crippen LogP contribution in [0.3, 0.4) is 0 Å². The van der Waals surface area contributed by atoms with Crippen LogP contribution in [0.15, 0.2) is 0 Å². The first-order valence-corrected chi connectivity index (χ1v) is 3.64. The van der Waals surface area contributed by atoms with Gasteiger partial charge in [-0.1, -0.05) is 0 Å². The average Bonchev–Trinajstić information content (AvgIpc) is 1.89. The molecule has 0 N–H and O–H groups in total. The van der Waals surface area contributed by atoms with Gasteiger partial charge in [0.05, 0.1) is 6.42 Å². The zero-order valence-corrected chi connectivity index (χ0v) is 6.56. The number of carbonyl (C=O) groups excluding carboxylic acids is 1. The van der Waals surface area contributed by atoms with Gasteiger partial charge in [0, 0.05) is 12.2 Å². The molecule has 0 amide bonds. The van der Waals surface area contributed by atoms with Crippen LogP contribution < -0.4 is 0 Å². The van der Waals surface area contributed by atoms with E-state index in [-0.39, 0.29) is 5.97 Å². The lowest BCUT2D eigenvalue weighted by Crippen LogP contribution is -2.05. The molecule has 0 saturated heterocycles. The molecule has 0 heterocycles. The maximum atomic E-state index is 10.6. The van der Waals surface area contributed by atoms with Crippen LogP contribution in [0.5, 0.6) is 0 Å². The van der Waals surface area contributed by atoms with Crippen molar-refractivity contribution in [1.82, 2.24) is 0 Å². The molecule has 0 radical (unpaired) electrons. The number of hydrogen-bond donors (Lipinski definition) is 1. The van der Waals surface area contributed by atoms with Gasteiger partial charge in [0.1, 0.15) is 6.61 Å². The Morgan fingerprint density at radius 2 is 2.40 bits per heavy atom. The molecule has 0 aromatic rings. The summed E-state index contributed by atoms with van der Waals surface area (Å²) in [6.45, 7) is 0.323. The van der Waals surface area contributed by atoms with Crippen molar-refractivity contribution in [2.24, 2.45) is 0 Å². The molecule has 0 saturated carbocycles. The van der Waals surface area contributed by atoms with E-state index < -0.39 is 0 Å². The van der Waals surface area contributed by atoms with E-state index in [4.69, 9.17) is 11.2 Å². The summed E-state index contributed by atoms with van der Waals surface area (Å²) in [7, 11) is 0. The van der Waals surface area contributed by atoms with Crippen LogP contribution in [0.25, 0.3) is 0 Å². The number of ether oxygens (including phenoxy) is 1. The Kier molecular flexibility index (Phi) is 6.10. The molecule has 0 rings (SSSR count). The third-order valence-corrected chi connectivity index (χ3v) is 1.05. The second kappa shape index (κ2) is 6.50. The molecule has 0 fully saturated rings. The average molecular weight is 158 g/mol. The fraction of sp³-hybridized carbons (Fsp3) is 0.571. The molecule has 0 unspecified atom stereocenters. The van der Waals surface area contributed by atoms with Crippen molar-refractivity contribution in [3.8, 4) is 12.3 Å². The van der Waals surface area contributed by atoms with Gasteiger partial charge in [-0.2, -0.15) is 12.6 Å². The summed E-state index contributed by atoms with van der Waals surface area (Å²) in [5.41, 5.74) is 0. The highest BCUT2D eigenvalue weighted by molar-refractivity contribution is 7.80. The monoisotopic (exact) mass is 158 g/mol. The van der Waals surface area contributed by atoms with Gasteiger partial charge >= 0.3 is 5.97 Å². The van der Waals surface area contributed by atoms with Crippen LogP contribution in [0.4, 0.5) is 0 Å². The number of esters is 1. The van der Waals surface area contributed by atoms with Crippen molar-refractivity contribution in [3.63, 3.8) is 0 Å². The lowest BCUT2D eigenvalue weighted by atomic mass is 10.4. The number of hydrogen-bond acceptors (Lipinski definition) is 3. The maximum Gasteiger partial charge on any atom is 0.306 e. The molecule has 0 bridgehead atoms. The largest absolute Gasteiger partial charge is 0.465 e. The van der Waals surface area contributed by atoms with Gasteiger partial charge in [0.2, 0.25) is 0 Å². The predicted molar refractivity (Wildman–Crippen MR) is 42.9 cm³/mol. The highest BCUT2D eigenvalue weighted by atomic mass is 32.1. The number of carbonyl (C=O) groups is 1. The minimum absolute atomic E-state index is 0.231. The number of thiol groups is 1. The first-order valence-electron chi connectivity index (χ1n) is 3.01. The van der Waals surface area contributed by atoms with E-state index in [1.54, 1.807) is 0 Å². The molecular weight excluding hydrogens is 148 g/mol. The topological polar surface area (TPSA) is 26.3 Å². The van der Waals surface area contributed by atoms with Gasteiger partial charge < -0.3 is 4.74 Å². The summed E-state index contributed by atoms with van der Waals surface area (Å²) in [5.74, 6) is 2.66. The van der Waals surface area contributed by atoms with Gasteiger partial charge in [-0.25, -0.2) is 0 Å². The van der Waals surface area contributed by atoms with Gasteiger partial charge in [0.25, 0.3) is 0 Å². The van der Waals surface area contributed by atoms with Crippen molar-refractivity contribution in [2.45, 2.75) is 12.8 Å². The summed E-state index contributed by atoms with van der Waals surface area (Å²) < 4.78 is 4.69. The molecule has 0 aliphatic rings. The van der Waals surface area contributed by atoms with Crippen LogP contribution in [0.1, 0.15) is 12.8 Å². The van der Waals surface area contributed by atoms with E-state index in [9.17, 15) is 4.79 Å². The Hall–Kier alpha value is -0.620. The summed E-state index contributed by atoms with van der Waals surface area (Å²) in [5, 5.41) is 0. The number of rotatable bonds is 4. The Morgan fingerprint density at radius 1 is 1.70 bits per heavy atom. The Morgan fingerprint density at radius 3 is 2.90 bits per heavy atom. The summed E-state index contributed by atoms with van der Waals surface area (Å²) in [4.78, 5) is 10.6. The van der Waals surface area contributed by atoms with E-state index in [2.05, 4.69) is 18.5 Å². The maximum absolute atomic E-state index is 10.6. The molecule has 0 aromatic carbocycles. The fourth-order valence-corrected chi connectivity index (χ4v) is 0.570. The van der Waals surface area contributed by atoms with Crippen molar-refractivity contribution >= 4 is 18.6 Å². The third kappa shape index (κ3) is 5.52. The molecule has 0 atom stereocenters. The molecule has 2 nitrogen and oxygen atoms in total. The van der Waals surface area contributed by atoms with Crippen molar-refractivity contribution in [1.29, 1.82) is 0 Å². The molecule has 0 aromatic heterocycles. The molecule has 56 valence electrons. The highest BCUT2D eigenvalue weighted by Gasteiger charge is 1.97. The van der Waals surface area contributed by atoms with E-state index >= 15 is 0 Å². The van der Waals surface area contributed by atoms with E-state index in [0.29, 0.717) is 25.2 Å². The Balaban J connectivity index is 3.15. The minimum atomic E-state index is -0.231. The standard InChI is InChI=1S/C7H10O2S/c1-2-3-5-9-7(8)4-6-10/h1,10H,3-6H2. The molecule has 3 heteroatoms. The van der Waals surface area contributed by atoms with Gasteiger partial charge in [0.15, 0.2) is 0 Å². The summed E-state index contributed by atoms with van der Waals surface area (Å²) >= 11 is 3.86. The smallest absolute Gasteiger partial charge is 0.306 e. The Labute approximate surface area is 66.4 Å². The zero-order valence-electron chi connectivity index (χ0n) is 5.67. The van der Waals surface area contributed by atoms with Crippen LogP contribution in [-0.2, 0) is 9.53 Å². The number of terminal acetylenes is 1. The normalized spacial score (nSPS) is 8.40. The summed E-state index contributed by atoms with van der Waals surface area (Å²) in [6.07, 6.45) is 5.77. The van der Waals surface area contributed by atoms with Crippen molar-refractivity contribution in [3.05, 3.63) is 0 Å². The van der Waals surface area contributed by atoms with Crippen LogP contribution >= 0.6 is 12.6 Å². The minimum Gasteiger partial charge on any atom is -0.465 e. The van der Waals surface area contributed by atoms with Gasteiger partial charge in [-0.3, -0.25) is 4.79 Å².